The van der Waals surface area contributed by atoms with Gasteiger partial charge in [0.25, 0.3) is 0 Å². The predicted octanol–water partition coefficient (Wildman–Crippen LogP) is 3.85. The summed E-state index contributed by atoms with van der Waals surface area (Å²) in [6, 6.07) is 22.0. The standard InChI is InChI=1S/C23H21NO4/c25-22-12-19(23(26)27)14-24(22)13-16-8-10-20(11-9-16)28-15-18-6-3-5-17-4-1-2-7-21(17)18/h1-11,19H,12-15H2,(H,26,27). The molecule has 1 fully saturated rings. The first kappa shape index (κ1) is 18.0. The molecule has 1 amide bonds. The van der Waals surface area contributed by atoms with Gasteiger partial charge in [0, 0.05) is 19.5 Å². The Kier molecular flexibility index (Phi) is 4.98. The lowest BCUT2D eigenvalue weighted by Gasteiger charge is -2.16. The smallest absolute Gasteiger partial charge is 0.308 e. The summed E-state index contributed by atoms with van der Waals surface area (Å²) < 4.78 is 5.94. The summed E-state index contributed by atoms with van der Waals surface area (Å²) >= 11 is 0. The molecule has 1 heterocycles. The minimum absolute atomic E-state index is 0.0849. The van der Waals surface area contributed by atoms with Gasteiger partial charge in [0.15, 0.2) is 0 Å². The molecule has 0 radical (unpaired) electrons. The summed E-state index contributed by atoms with van der Waals surface area (Å²) in [5.41, 5.74) is 2.08. The number of rotatable bonds is 6. The number of carboxylic acids is 1. The summed E-state index contributed by atoms with van der Waals surface area (Å²) in [5, 5.41) is 11.4. The van der Waals surface area contributed by atoms with Crippen LogP contribution in [0.2, 0.25) is 0 Å². The van der Waals surface area contributed by atoms with Crippen LogP contribution >= 0.6 is 0 Å². The van der Waals surface area contributed by atoms with Crippen molar-refractivity contribution >= 4 is 22.6 Å². The molecule has 0 aromatic heterocycles. The number of nitrogens with zero attached hydrogens (tertiary/aromatic N) is 1. The SMILES string of the molecule is O=C(O)C1CC(=O)N(Cc2ccc(OCc3cccc4ccccc34)cc2)C1. The molecule has 1 atom stereocenters. The van der Waals surface area contributed by atoms with E-state index >= 15 is 0 Å². The van der Waals surface area contributed by atoms with Crippen LogP contribution in [0.5, 0.6) is 5.75 Å². The number of ether oxygens (including phenoxy) is 1. The second-order valence-electron chi connectivity index (χ2n) is 7.08. The Bertz CT molecular complexity index is 1010. The van der Waals surface area contributed by atoms with Crippen molar-refractivity contribution < 1.29 is 19.4 Å². The van der Waals surface area contributed by atoms with Gasteiger partial charge in [-0.3, -0.25) is 9.59 Å². The van der Waals surface area contributed by atoms with E-state index in [4.69, 9.17) is 9.84 Å². The highest BCUT2D eigenvalue weighted by atomic mass is 16.5. The van der Waals surface area contributed by atoms with Crippen LogP contribution in [-0.4, -0.2) is 28.4 Å². The zero-order chi connectivity index (χ0) is 19.5. The van der Waals surface area contributed by atoms with Crippen molar-refractivity contribution in [1.82, 2.24) is 4.90 Å². The number of hydrogen-bond donors (Lipinski definition) is 1. The number of amides is 1. The molecular formula is C23H21NO4. The molecule has 28 heavy (non-hydrogen) atoms. The molecule has 0 bridgehead atoms. The molecule has 5 heteroatoms. The zero-order valence-electron chi connectivity index (χ0n) is 15.4. The van der Waals surface area contributed by atoms with Gasteiger partial charge < -0.3 is 14.7 Å². The van der Waals surface area contributed by atoms with Crippen molar-refractivity contribution in [1.29, 1.82) is 0 Å². The van der Waals surface area contributed by atoms with Crippen LogP contribution in [0.3, 0.4) is 0 Å². The van der Waals surface area contributed by atoms with Gasteiger partial charge in [0.1, 0.15) is 12.4 Å². The highest BCUT2D eigenvalue weighted by Crippen LogP contribution is 2.23. The number of carboxylic acid groups (broad SMARTS) is 1. The maximum absolute atomic E-state index is 12.0. The Morgan fingerprint density at radius 1 is 1.04 bits per heavy atom. The van der Waals surface area contributed by atoms with E-state index in [1.165, 1.54) is 10.8 Å². The van der Waals surface area contributed by atoms with Crippen LogP contribution < -0.4 is 4.74 Å². The molecule has 1 aliphatic heterocycles. The first-order chi connectivity index (χ1) is 13.6. The molecule has 1 N–H and O–H groups in total. The second kappa shape index (κ2) is 7.72. The zero-order valence-corrected chi connectivity index (χ0v) is 15.4. The van der Waals surface area contributed by atoms with E-state index in [0.29, 0.717) is 13.2 Å². The Balaban J connectivity index is 1.38. The number of fused-ring (bicyclic) bond motifs is 1. The fraction of sp³-hybridized carbons (Fsp3) is 0.217. The molecule has 1 aliphatic rings. The number of likely N-dealkylation sites (tertiary alicyclic amines) is 1. The normalized spacial score (nSPS) is 16.5. The minimum atomic E-state index is -0.909. The quantitative estimate of drug-likeness (QED) is 0.711. The topological polar surface area (TPSA) is 66.8 Å². The van der Waals surface area contributed by atoms with Crippen molar-refractivity contribution in [2.24, 2.45) is 5.92 Å². The molecule has 5 nitrogen and oxygen atoms in total. The largest absolute Gasteiger partial charge is 0.489 e. The van der Waals surface area contributed by atoms with Gasteiger partial charge in [-0.15, -0.1) is 0 Å². The molecule has 3 aromatic carbocycles. The van der Waals surface area contributed by atoms with Crippen molar-refractivity contribution in [2.45, 2.75) is 19.6 Å². The van der Waals surface area contributed by atoms with Gasteiger partial charge in [-0.05, 0) is 34.0 Å². The first-order valence-corrected chi connectivity index (χ1v) is 9.29. The van der Waals surface area contributed by atoms with Crippen molar-refractivity contribution in [2.75, 3.05) is 6.54 Å². The Morgan fingerprint density at radius 3 is 2.54 bits per heavy atom. The summed E-state index contributed by atoms with van der Waals surface area (Å²) in [6.45, 7) is 1.17. The fourth-order valence-corrected chi connectivity index (χ4v) is 3.58. The van der Waals surface area contributed by atoms with E-state index in [0.717, 1.165) is 16.9 Å². The van der Waals surface area contributed by atoms with Gasteiger partial charge >= 0.3 is 5.97 Å². The Hall–Kier alpha value is -3.34. The molecule has 0 spiro atoms. The molecule has 0 saturated carbocycles. The number of benzene rings is 3. The highest BCUT2D eigenvalue weighted by Gasteiger charge is 2.33. The van der Waals surface area contributed by atoms with Gasteiger partial charge in [0.2, 0.25) is 5.91 Å². The monoisotopic (exact) mass is 375 g/mol. The summed E-state index contributed by atoms with van der Waals surface area (Å²) in [6.07, 6.45) is 0.0849. The summed E-state index contributed by atoms with van der Waals surface area (Å²) in [7, 11) is 0. The predicted molar refractivity (Wildman–Crippen MR) is 106 cm³/mol. The minimum Gasteiger partial charge on any atom is -0.489 e. The van der Waals surface area contributed by atoms with Gasteiger partial charge in [-0.1, -0.05) is 54.6 Å². The van der Waals surface area contributed by atoms with Crippen molar-refractivity contribution in [3.63, 3.8) is 0 Å². The number of carbonyl (C=O) groups excluding carboxylic acids is 1. The average molecular weight is 375 g/mol. The van der Waals surface area contributed by atoms with Crippen molar-refractivity contribution in [3.05, 3.63) is 77.9 Å². The molecule has 0 aliphatic carbocycles. The van der Waals surface area contributed by atoms with Gasteiger partial charge in [-0.2, -0.15) is 0 Å². The molecule has 4 rings (SSSR count). The maximum atomic E-state index is 12.0. The molecule has 1 unspecified atom stereocenters. The van der Waals surface area contributed by atoms with E-state index in [-0.39, 0.29) is 18.9 Å². The number of hydrogen-bond acceptors (Lipinski definition) is 3. The summed E-state index contributed by atoms with van der Waals surface area (Å²) in [4.78, 5) is 24.6. The molecule has 3 aromatic rings. The van der Waals surface area contributed by atoms with Crippen LogP contribution in [0.1, 0.15) is 17.5 Å². The first-order valence-electron chi connectivity index (χ1n) is 9.29. The van der Waals surface area contributed by atoms with E-state index in [1.54, 1.807) is 4.90 Å². The van der Waals surface area contributed by atoms with Crippen LogP contribution in [0.15, 0.2) is 66.7 Å². The third-order valence-electron chi connectivity index (χ3n) is 5.13. The Morgan fingerprint density at radius 2 is 1.79 bits per heavy atom. The van der Waals surface area contributed by atoms with Crippen LogP contribution in [0.4, 0.5) is 0 Å². The lowest BCUT2D eigenvalue weighted by atomic mass is 10.1. The molecule has 142 valence electrons. The average Bonchev–Trinajstić information content (AvgIpc) is 3.08. The lowest BCUT2D eigenvalue weighted by Crippen LogP contribution is -2.25. The third kappa shape index (κ3) is 3.83. The highest BCUT2D eigenvalue weighted by molar-refractivity contribution is 5.86. The van der Waals surface area contributed by atoms with Crippen molar-refractivity contribution in [3.8, 4) is 5.75 Å². The molecular weight excluding hydrogens is 354 g/mol. The van der Waals surface area contributed by atoms with E-state index in [9.17, 15) is 9.59 Å². The number of aliphatic carboxylic acids is 1. The van der Waals surface area contributed by atoms with Crippen LogP contribution in [-0.2, 0) is 22.7 Å². The van der Waals surface area contributed by atoms with Crippen LogP contribution in [0, 0.1) is 5.92 Å². The second-order valence-corrected chi connectivity index (χ2v) is 7.08. The van der Waals surface area contributed by atoms with Gasteiger partial charge in [-0.25, -0.2) is 0 Å². The van der Waals surface area contributed by atoms with E-state index < -0.39 is 11.9 Å². The van der Waals surface area contributed by atoms with Gasteiger partial charge in [0.05, 0.1) is 5.92 Å². The Labute approximate surface area is 163 Å². The lowest BCUT2D eigenvalue weighted by molar-refractivity contribution is -0.141. The third-order valence-corrected chi connectivity index (χ3v) is 5.13. The van der Waals surface area contributed by atoms with Crippen LogP contribution in [0.25, 0.3) is 10.8 Å². The van der Waals surface area contributed by atoms with E-state index in [1.807, 2.05) is 42.5 Å². The van der Waals surface area contributed by atoms with E-state index in [2.05, 4.69) is 24.3 Å². The summed E-state index contributed by atoms with van der Waals surface area (Å²) in [5.74, 6) is -0.861. The fourth-order valence-electron chi connectivity index (χ4n) is 3.58. The maximum Gasteiger partial charge on any atom is 0.308 e. The molecule has 1 saturated heterocycles. The number of carbonyl (C=O) groups is 2.